The van der Waals surface area contributed by atoms with E-state index in [0.717, 1.165) is 25.7 Å². The van der Waals surface area contributed by atoms with E-state index in [1.807, 2.05) is 0 Å². The average molecular weight is 481 g/mol. The fourth-order valence-corrected chi connectivity index (χ4v) is 5.03. The molecule has 3 rings (SSSR count). The normalized spacial score (nSPS) is 14.9. The molecule has 172 valence electrons. The number of carbonyl (C=O) groups is 2. The van der Waals surface area contributed by atoms with Crippen LogP contribution in [-0.2, 0) is 21.9 Å². The number of hydrogen-bond acceptors (Lipinski definition) is 3. The van der Waals surface area contributed by atoms with Crippen LogP contribution in [0.4, 0.5) is 8.78 Å². The number of carbonyl (C=O) groups excluding carboxylic acids is 2. The molecule has 1 fully saturated rings. The van der Waals surface area contributed by atoms with Gasteiger partial charge in [-0.3, -0.25) is 9.59 Å². The van der Waals surface area contributed by atoms with Crippen LogP contribution in [0.25, 0.3) is 0 Å². The molecule has 1 N–H and O–H groups in total. The quantitative estimate of drug-likeness (QED) is 0.528. The van der Waals surface area contributed by atoms with Gasteiger partial charge >= 0.3 is 0 Å². The number of amides is 2. The average Bonchev–Trinajstić information content (AvgIpc) is 3.27. The van der Waals surface area contributed by atoms with Crippen molar-refractivity contribution in [1.82, 2.24) is 10.2 Å². The van der Waals surface area contributed by atoms with Crippen LogP contribution in [0.2, 0.25) is 5.02 Å². The maximum absolute atomic E-state index is 14.3. The van der Waals surface area contributed by atoms with Gasteiger partial charge in [0.1, 0.15) is 17.7 Å². The molecule has 0 heterocycles. The van der Waals surface area contributed by atoms with Crippen LogP contribution in [0.3, 0.4) is 0 Å². The van der Waals surface area contributed by atoms with Crippen LogP contribution in [0.5, 0.6) is 0 Å². The Morgan fingerprint density at radius 1 is 1.12 bits per heavy atom. The van der Waals surface area contributed by atoms with Gasteiger partial charge in [0, 0.05) is 34.5 Å². The van der Waals surface area contributed by atoms with E-state index in [1.165, 1.54) is 34.9 Å². The largest absolute Gasteiger partial charge is 0.352 e. The lowest BCUT2D eigenvalue weighted by Gasteiger charge is -2.30. The predicted molar refractivity (Wildman–Crippen MR) is 124 cm³/mol. The van der Waals surface area contributed by atoms with E-state index in [2.05, 4.69) is 5.32 Å². The highest BCUT2D eigenvalue weighted by molar-refractivity contribution is 7.99. The van der Waals surface area contributed by atoms with Gasteiger partial charge in [-0.15, -0.1) is 11.8 Å². The van der Waals surface area contributed by atoms with Gasteiger partial charge in [-0.1, -0.05) is 48.7 Å². The summed E-state index contributed by atoms with van der Waals surface area (Å²) in [6.45, 7) is 1.63. The first kappa shape index (κ1) is 24.5. The highest BCUT2D eigenvalue weighted by Gasteiger charge is 2.29. The number of nitrogens with one attached hydrogen (secondary N) is 1. The first-order valence-corrected chi connectivity index (χ1v) is 12.2. The van der Waals surface area contributed by atoms with Crippen molar-refractivity contribution in [3.05, 3.63) is 70.2 Å². The minimum Gasteiger partial charge on any atom is -0.352 e. The molecular formula is C24H27ClF2N2O2S. The fraction of sp³-hybridized carbons (Fsp3) is 0.417. The van der Waals surface area contributed by atoms with Gasteiger partial charge in [0.15, 0.2) is 0 Å². The summed E-state index contributed by atoms with van der Waals surface area (Å²) in [5.41, 5.74) is 0.670. The molecule has 0 spiro atoms. The molecule has 1 aliphatic rings. The third kappa shape index (κ3) is 6.45. The molecule has 0 saturated heterocycles. The Balaban J connectivity index is 1.69. The van der Waals surface area contributed by atoms with Crippen molar-refractivity contribution < 1.29 is 18.4 Å². The van der Waals surface area contributed by atoms with E-state index >= 15 is 0 Å². The smallest absolute Gasteiger partial charge is 0.242 e. The number of nitrogens with zero attached hydrogens (tertiary/aromatic N) is 1. The van der Waals surface area contributed by atoms with E-state index < -0.39 is 17.7 Å². The summed E-state index contributed by atoms with van der Waals surface area (Å²) < 4.78 is 28.3. The zero-order chi connectivity index (χ0) is 23.1. The molecule has 2 aromatic rings. The number of thioether (sulfide) groups is 1. The SMILES string of the molecule is C[C@@H](C(=O)NC1CCCC1)N(Cc1ccccc1F)C(=O)CSCc1c(F)cccc1Cl. The molecule has 8 heteroatoms. The van der Waals surface area contributed by atoms with Gasteiger partial charge in [0.2, 0.25) is 11.8 Å². The van der Waals surface area contributed by atoms with Crippen molar-refractivity contribution in [2.24, 2.45) is 0 Å². The molecule has 0 unspecified atom stereocenters. The predicted octanol–water partition coefficient (Wildman–Crippen LogP) is 5.33. The van der Waals surface area contributed by atoms with Crippen molar-refractivity contribution in [2.45, 2.75) is 57.0 Å². The van der Waals surface area contributed by atoms with Crippen molar-refractivity contribution in [1.29, 1.82) is 0 Å². The summed E-state index contributed by atoms with van der Waals surface area (Å²) in [4.78, 5) is 27.3. The molecule has 2 aromatic carbocycles. The number of hydrogen-bond donors (Lipinski definition) is 1. The van der Waals surface area contributed by atoms with E-state index in [1.54, 1.807) is 31.2 Å². The third-order valence-corrected chi connectivity index (χ3v) is 7.00. The Morgan fingerprint density at radius 2 is 1.81 bits per heavy atom. The van der Waals surface area contributed by atoms with E-state index in [0.29, 0.717) is 16.1 Å². The Kier molecular flexibility index (Phi) is 8.93. The summed E-state index contributed by atoms with van der Waals surface area (Å²) in [7, 11) is 0. The van der Waals surface area contributed by atoms with Crippen molar-refractivity contribution in [2.75, 3.05) is 5.75 Å². The van der Waals surface area contributed by atoms with Gasteiger partial charge < -0.3 is 10.2 Å². The summed E-state index contributed by atoms with van der Waals surface area (Å²) >= 11 is 7.27. The molecule has 1 saturated carbocycles. The zero-order valence-electron chi connectivity index (χ0n) is 18.0. The maximum Gasteiger partial charge on any atom is 0.242 e. The second-order valence-electron chi connectivity index (χ2n) is 7.97. The Labute approximate surface area is 196 Å². The molecule has 0 radical (unpaired) electrons. The van der Waals surface area contributed by atoms with Crippen LogP contribution in [-0.4, -0.2) is 34.6 Å². The molecule has 4 nitrogen and oxygen atoms in total. The Morgan fingerprint density at radius 3 is 2.50 bits per heavy atom. The van der Waals surface area contributed by atoms with Gasteiger partial charge in [0.25, 0.3) is 0 Å². The maximum atomic E-state index is 14.3. The molecule has 1 aliphatic carbocycles. The molecule has 0 aromatic heterocycles. The summed E-state index contributed by atoms with van der Waals surface area (Å²) in [5, 5.41) is 3.31. The fourth-order valence-electron chi connectivity index (χ4n) is 3.78. The first-order chi connectivity index (χ1) is 15.4. The van der Waals surface area contributed by atoms with Crippen LogP contribution < -0.4 is 5.32 Å². The second kappa shape index (κ2) is 11.7. The van der Waals surface area contributed by atoms with Crippen molar-refractivity contribution >= 4 is 35.2 Å². The standard InChI is InChI=1S/C24H27ClF2N2O2S/c1-16(24(31)28-18-8-3-4-9-18)29(13-17-7-2-5-11-21(17)26)23(30)15-32-14-19-20(25)10-6-12-22(19)27/h2,5-7,10-12,16,18H,3-4,8-9,13-15H2,1H3,(H,28,31)/t16-/m0/s1. The lowest BCUT2D eigenvalue weighted by Crippen LogP contribution is -2.50. The summed E-state index contributed by atoms with van der Waals surface area (Å²) in [5.74, 6) is -1.19. The van der Waals surface area contributed by atoms with E-state index in [4.69, 9.17) is 11.6 Å². The van der Waals surface area contributed by atoms with Gasteiger partial charge in [-0.25, -0.2) is 8.78 Å². The van der Waals surface area contributed by atoms with Gasteiger partial charge in [-0.05, 0) is 38.0 Å². The van der Waals surface area contributed by atoms with Crippen LogP contribution >= 0.6 is 23.4 Å². The van der Waals surface area contributed by atoms with Crippen LogP contribution in [0.1, 0.15) is 43.7 Å². The molecule has 2 amide bonds. The van der Waals surface area contributed by atoms with Crippen molar-refractivity contribution in [3.63, 3.8) is 0 Å². The Hall–Kier alpha value is -2.12. The van der Waals surface area contributed by atoms with Crippen LogP contribution in [0, 0.1) is 11.6 Å². The minimum absolute atomic E-state index is 0.0141. The number of benzene rings is 2. The first-order valence-electron chi connectivity index (χ1n) is 10.7. The minimum atomic E-state index is -0.764. The number of rotatable bonds is 9. The summed E-state index contributed by atoms with van der Waals surface area (Å²) in [6, 6.07) is 10.0. The topological polar surface area (TPSA) is 49.4 Å². The molecular weight excluding hydrogens is 454 g/mol. The molecule has 0 aliphatic heterocycles. The van der Waals surface area contributed by atoms with Gasteiger partial charge in [-0.2, -0.15) is 0 Å². The lowest BCUT2D eigenvalue weighted by atomic mass is 10.1. The lowest BCUT2D eigenvalue weighted by molar-refractivity contribution is -0.139. The zero-order valence-corrected chi connectivity index (χ0v) is 19.5. The molecule has 1 atom stereocenters. The second-order valence-corrected chi connectivity index (χ2v) is 9.36. The van der Waals surface area contributed by atoms with E-state index in [-0.39, 0.29) is 35.9 Å². The highest BCUT2D eigenvalue weighted by atomic mass is 35.5. The Bertz CT molecular complexity index is 933. The van der Waals surface area contributed by atoms with E-state index in [9.17, 15) is 18.4 Å². The third-order valence-electron chi connectivity index (χ3n) is 5.70. The molecule has 32 heavy (non-hydrogen) atoms. The van der Waals surface area contributed by atoms with Gasteiger partial charge in [0.05, 0.1) is 5.75 Å². The summed E-state index contributed by atoms with van der Waals surface area (Å²) in [6.07, 6.45) is 4.01. The highest BCUT2D eigenvalue weighted by Crippen LogP contribution is 2.25. The molecule has 0 bridgehead atoms. The number of halogens is 3. The van der Waals surface area contributed by atoms with Crippen molar-refractivity contribution in [3.8, 4) is 0 Å². The van der Waals surface area contributed by atoms with Crippen LogP contribution in [0.15, 0.2) is 42.5 Å². The monoisotopic (exact) mass is 480 g/mol.